The molecule has 1 atom stereocenters. The second kappa shape index (κ2) is 7.04. The van der Waals surface area contributed by atoms with Crippen molar-refractivity contribution >= 4 is 28.4 Å². The fourth-order valence-electron chi connectivity index (χ4n) is 1.94. The van der Waals surface area contributed by atoms with E-state index in [9.17, 15) is 14.7 Å². The van der Waals surface area contributed by atoms with Gasteiger partial charge in [-0.3, -0.25) is 0 Å². The third kappa shape index (κ3) is 3.82. The number of thiazole rings is 1. The summed E-state index contributed by atoms with van der Waals surface area (Å²) in [6.45, 7) is 1.74. The summed E-state index contributed by atoms with van der Waals surface area (Å²) < 4.78 is 4.64. The van der Waals surface area contributed by atoms with E-state index in [1.165, 1.54) is 18.4 Å². The molecule has 0 aliphatic heterocycles. The van der Waals surface area contributed by atoms with Crippen LogP contribution in [-0.2, 0) is 16.0 Å². The number of carboxylic acid groups (broad SMARTS) is 1. The Morgan fingerprint density at radius 2 is 2.05 bits per heavy atom. The lowest BCUT2D eigenvalue weighted by molar-refractivity contribution is -0.137. The number of carboxylic acids is 1. The zero-order chi connectivity index (χ0) is 16.1. The SMILES string of the molecule is COC(=O)c1nc(N[C@H](Cc2ccccc2)C(=O)O)sc1C. The highest BCUT2D eigenvalue weighted by molar-refractivity contribution is 7.15. The summed E-state index contributed by atoms with van der Waals surface area (Å²) in [6, 6.07) is 8.50. The second-order valence-corrected chi connectivity index (χ2v) is 5.84. The molecule has 0 saturated heterocycles. The van der Waals surface area contributed by atoms with E-state index in [4.69, 9.17) is 0 Å². The number of benzene rings is 1. The maximum atomic E-state index is 11.5. The second-order valence-electron chi connectivity index (χ2n) is 4.64. The molecule has 0 bridgehead atoms. The average molecular weight is 320 g/mol. The van der Waals surface area contributed by atoms with Crippen LogP contribution in [0.3, 0.4) is 0 Å². The van der Waals surface area contributed by atoms with E-state index in [1.807, 2.05) is 30.3 Å². The standard InChI is InChI=1S/C15H16N2O4S/c1-9-12(14(20)21-2)17-15(22-9)16-11(13(18)19)8-10-6-4-3-5-7-10/h3-7,11H,8H2,1-2H3,(H,16,17)(H,18,19)/t11-/m1/s1. The number of carbonyl (C=O) groups excluding carboxylic acids is 1. The lowest BCUT2D eigenvalue weighted by Crippen LogP contribution is -2.31. The molecule has 0 radical (unpaired) electrons. The molecule has 2 aromatic rings. The van der Waals surface area contributed by atoms with Crippen molar-refractivity contribution in [3.63, 3.8) is 0 Å². The van der Waals surface area contributed by atoms with Crippen molar-refractivity contribution in [2.75, 3.05) is 12.4 Å². The van der Waals surface area contributed by atoms with E-state index >= 15 is 0 Å². The predicted octanol–water partition coefficient (Wildman–Crippen LogP) is 2.35. The summed E-state index contributed by atoms with van der Waals surface area (Å²) >= 11 is 1.23. The van der Waals surface area contributed by atoms with Gasteiger partial charge in [-0.25, -0.2) is 14.6 Å². The first-order chi connectivity index (χ1) is 10.5. The number of methoxy groups -OCH3 is 1. The van der Waals surface area contributed by atoms with Gasteiger partial charge in [0.25, 0.3) is 0 Å². The molecule has 0 aliphatic rings. The molecule has 0 amide bonds. The molecule has 22 heavy (non-hydrogen) atoms. The van der Waals surface area contributed by atoms with Gasteiger partial charge in [-0.05, 0) is 12.5 Å². The number of hydrogen-bond acceptors (Lipinski definition) is 6. The molecule has 1 heterocycles. The Bertz CT molecular complexity index is 669. The molecule has 6 nitrogen and oxygen atoms in total. The first-order valence-corrected chi connectivity index (χ1v) is 7.42. The van der Waals surface area contributed by atoms with Gasteiger partial charge in [0, 0.05) is 11.3 Å². The van der Waals surface area contributed by atoms with Crippen LogP contribution in [-0.4, -0.2) is 35.2 Å². The number of nitrogens with one attached hydrogen (secondary N) is 1. The lowest BCUT2D eigenvalue weighted by atomic mass is 10.1. The molecule has 2 rings (SSSR count). The van der Waals surface area contributed by atoms with Gasteiger partial charge in [0.1, 0.15) is 6.04 Å². The molecule has 2 N–H and O–H groups in total. The summed E-state index contributed by atoms with van der Waals surface area (Å²) in [6.07, 6.45) is 0.322. The number of nitrogens with zero attached hydrogens (tertiary/aromatic N) is 1. The minimum Gasteiger partial charge on any atom is -0.480 e. The fraction of sp³-hybridized carbons (Fsp3) is 0.267. The average Bonchev–Trinajstić information content (AvgIpc) is 2.87. The van der Waals surface area contributed by atoms with Crippen molar-refractivity contribution < 1.29 is 19.4 Å². The van der Waals surface area contributed by atoms with Crippen LogP contribution in [0, 0.1) is 6.92 Å². The Kier molecular flexibility index (Phi) is 5.11. The van der Waals surface area contributed by atoms with Crippen molar-refractivity contribution in [1.82, 2.24) is 4.98 Å². The quantitative estimate of drug-likeness (QED) is 0.794. The Labute approximate surface area is 131 Å². The topological polar surface area (TPSA) is 88.5 Å². The van der Waals surface area contributed by atoms with Gasteiger partial charge >= 0.3 is 11.9 Å². The smallest absolute Gasteiger partial charge is 0.357 e. The number of esters is 1. The number of aromatic nitrogens is 1. The number of hydrogen-bond donors (Lipinski definition) is 2. The maximum Gasteiger partial charge on any atom is 0.357 e. The highest BCUT2D eigenvalue weighted by atomic mass is 32.1. The van der Waals surface area contributed by atoms with Gasteiger partial charge in [0.15, 0.2) is 10.8 Å². The number of carbonyl (C=O) groups is 2. The van der Waals surface area contributed by atoms with Crippen LogP contribution in [0.25, 0.3) is 0 Å². The van der Waals surface area contributed by atoms with Crippen molar-refractivity contribution in [2.45, 2.75) is 19.4 Å². The van der Waals surface area contributed by atoms with Crippen LogP contribution in [0.5, 0.6) is 0 Å². The molecule has 0 aliphatic carbocycles. The zero-order valence-corrected chi connectivity index (χ0v) is 13.0. The van der Waals surface area contributed by atoms with E-state index in [-0.39, 0.29) is 5.69 Å². The van der Waals surface area contributed by atoms with Crippen LogP contribution in [0.15, 0.2) is 30.3 Å². The maximum absolute atomic E-state index is 11.5. The molecule has 0 fully saturated rings. The zero-order valence-electron chi connectivity index (χ0n) is 12.2. The predicted molar refractivity (Wildman–Crippen MR) is 83.4 cm³/mol. The van der Waals surface area contributed by atoms with Crippen LogP contribution in [0.2, 0.25) is 0 Å². The van der Waals surface area contributed by atoms with Crippen LogP contribution in [0.4, 0.5) is 5.13 Å². The molecule has 0 saturated carbocycles. The Balaban J connectivity index is 2.15. The summed E-state index contributed by atoms with van der Waals surface area (Å²) in [5.74, 6) is -1.51. The molecule has 116 valence electrons. The van der Waals surface area contributed by atoms with Gasteiger partial charge in [0.05, 0.1) is 7.11 Å². The minimum absolute atomic E-state index is 0.207. The first kappa shape index (κ1) is 16.0. The van der Waals surface area contributed by atoms with Gasteiger partial charge < -0.3 is 15.2 Å². The lowest BCUT2D eigenvalue weighted by Gasteiger charge is -2.13. The Hall–Kier alpha value is -2.41. The molecular formula is C15H16N2O4S. The third-order valence-electron chi connectivity index (χ3n) is 3.05. The Morgan fingerprint density at radius 1 is 1.36 bits per heavy atom. The number of ether oxygens (including phenoxy) is 1. The molecular weight excluding hydrogens is 304 g/mol. The molecule has 0 spiro atoms. The fourth-order valence-corrected chi connectivity index (χ4v) is 2.80. The number of aryl methyl sites for hydroxylation is 1. The van der Waals surface area contributed by atoms with Crippen LogP contribution < -0.4 is 5.32 Å². The van der Waals surface area contributed by atoms with E-state index in [1.54, 1.807) is 6.92 Å². The van der Waals surface area contributed by atoms with E-state index in [0.29, 0.717) is 16.4 Å². The monoisotopic (exact) mass is 320 g/mol. The summed E-state index contributed by atoms with van der Waals surface area (Å²) in [5, 5.41) is 12.6. The normalized spacial score (nSPS) is 11.7. The largest absolute Gasteiger partial charge is 0.480 e. The van der Waals surface area contributed by atoms with E-state index < -0.39 is 18.0 Å². The van der Waals surface area contributed by atoms with Crippen molar-refractivity contribution in [2.24, 2.45) is 0 Å². The van der Waals surface area contributed by atoms with Crippen molar-refractivity contribution in [3.05, 3.63) is 46.5 Å². The number of aliphatic carboxylic acids is 1. The molecule has 1 aromatic carbocycles. The van der Waals surface area contributed by atoms with E-state index in [2.05, 4.69) is 15.0 Å². The van der Waals surface area contributed by atoms with Gasteiger partial charge in [0.2, 0.25) is 0 Å². The minimum atomic E-state index is -0.976. The van der Waals surface area contributed by atoms with Gasteiger partial charge in [-0.1, -0.05) is 30.3 Å². The highest BCUT2D eigenvalue weighted by Crippen LogP contribution is 2.23. The highest BCUT2D eigenvalue weighted by Gasteiger charge is 2.22. The van der Waals surface area contributed by atoms with Crippen molar-refractivity contribution in [3.8, 4) is 0 Å². The summed E-state index contributed by atoms with van der Waals surface area (Å²) in [4.78, 5) is 27.7. The summed E-state index contributed by atoms with van der Waals surface area (Å²) in [5.41, 5.74) is 1.11. The van der Waals surface area contributed by atoms with Gasteiger partial charge in [-0.15, -0.1) is 11.3 Å². The van der Waals surface area contributed by atoms with Crippen LogP contribution >= 0.6 is 11.3 Å². The summed E-state index contributed by atoms with van der Waals surface area (Å²) in [7, 11) is 1.28. The van der Waals surface area contributed by atoms with Crippen LogP contribution in [0.1, 0.15) is 20.9 Å². The number of anilines is 1. The Morgan fingerprint density at radius 3 is 2.64 bits per heavy atom. The molecule has 7 heteroatoms. The van der Waals surface area contributed by atoms with E-state index in [0.717, 1.165) is 5.56 Å². The molecule has 0 unspecified atom stereocenters. The number of rotatable bonds is 6. The van der Waals surface area contributed by atoms with Crippen molar-refractivity contribution in [1.29, 1.82) is 0 Å². The van der Waals surface area contributed by atoms with Gasteiger partial charge in [-0.2, -0.15) is 0 Å². The third-order valence-corrected chi connectivity index (χ3v) is 3.96. The molecule has 1 aromatic heterocycles. The first-order valence-electron chi connectivity index (χ1n) is 6.60.